The number of amides is 3. The number of H-pyrrole nitrogens is 1. The minimum Gasteiger partial charge on any atom is -0.491 e. The fourth-order valence-corrected chi connectivity index (χ4v) is 12.0. The van der Waals surface area contributed by atoms with Crippen LogP contribution in [0.15, 0.2) is 71.5 Å². The van der Waals surface area contributed by atoms with Crippen molar-refractivity contribution in [1.29, 1.82) is 0 Å². The van der Waals surface area contributed by atoms with Gasteiger partial charge in [0.1, 0.15) is 30.8 Å². The van der Waals surface area contributed by atoms with E-state index in [1.54, 1.807) is 7.05 Å². The van der Waals surface area contributed by atoms with Gasteiger partial charge in [-0.3, -0.25) is 19.2 Å². The van der Waals surface area contributed by atoms with E-state index < -0.39 is 6.04 Å². The Morgan fingerprint density at radius 1 is 0.795 bits per heavy atom. The van der Waals surface area contributed by atoms with Crippen molar-refractivity contribution in [2.75, 3.05) is 97.5 Å². The molecule has 1 aliphatic carbocycles. The van der Waals surface area contributed by atoms with Crippen LogP contribution in [0.2, 0.25) is 0 Å². The number of piperidine rings is 1. The molecular weight excluding hydrogens is 987 g/mol. The molecular formula is C62H87N7O9. The summed E-state index contributed by atoms with van der Waals surface area (Å²) in [5, 5.41) is 9.26. The van der Waals surface area contributed by atoms with Crippen LogP contribution in [0.4, 0.5) is 5.69 Å². The van der Waals surface area contributed by atoms with E-state index in [4.69, 9.17) is 23.7 Å². The average Bonchev–Trinajstić information content (AvgIpc) is 3.90. The third-order valence-electron chi connectivity index (χ3n) is 16.8. The lowest BCUT2D eigenvalue weighted by Gasteiger charge is -2.41. The standard InChI is InChI=1S/C62H87N7O9/c1-7-68(51-24-29-74-30-25-51)56-39-50(38-54(44(56)4)60(71)64-40-55-42(2)37-43(3)65-61(55)72)47-15-19-53(20-16-47)78-36-34-76-32-31-75-33-35-77-52-17-13-46(14-18-52)21-26-67-27-22-48-23-28-69(57(48)41-67)62(73)58(49-11-9-8-10-12-49)66-59(70)45(5)63-6/h13-20,37-39,45,48-49,51,57-58,63H,7-12,21-36,40-41H2,1-6H3,(H,64,71)(H,65,72)(H,66,70)/t45-,48-,57-,58?/m0/s1. The summed E-state index contributed by atoms with van der Waals surface area (Å²) in [5.74, 6) is 2.05. The summed E-state index contributed by atoms with van der Waals surface area (Å²) in [6.07, 6.45) is 10.3. The van der Waals surface area contributed by atoms with E-state index >= 15 is 0 Å². The topological polar surface area (TPSA) is 176 Å². The number of rotatable bonds is 26. The maximum Gasteiger partial charge on any atom is 0.253 e. The lowest BCUT2D eigenvalue weighted by molar-refractivity contribution is -0.140. The molecule has 3 saturated heterocycles. The third-order valence-corrected chi connectivity index (χ3v) is 16.8. The average molecular weight is 1070 g/mol. The number of nitrogens with zero attached hydrogens (tertiary/aromatic N) is 3. The Morgan fingerprint density at radius 3 is 2.10 bits per heavy atom. The van der Waals surface area contributed by atoms with Gasteiger partial charge in [0.15, 0.2) is 0 Å². The van der Waals surface area contributed by atoms with E-state index in [-0.39, 0.29) is 47.8 Å². The van der Waals surface area contributed by atoms with Gasteiger partial charge in [-0.25, -0.2) is 0 Å². The molecule has 0 bridgehead atoms. The summed E-state index contributed by atoms with van der Waals surface area (Å²) in [5.41, 5.74) is 7.61. The van der Waals surface area contributed by atoms with Gasteiger partial charge in [0.25, 0.3) is 11.5 Å². The van der Waals surface area contributed by atoms with Crippen molar-refractivity contribution in [2.45, 2.75) is 130 Å². The zero-order chi connectivity index (χ0) is 55.0. The van der Waals surface area contributed by atoms with E-state index in [0.717, 1.165) is 136 Å². The number of fused-ring (bicyclic) bond motifs is 1. The number of pyridine rings is 1. The highest BCUT2D eigenvalue weighted by atomic mass is 16.6. The highest BCUT2D eigenvalue weighted by Crippen LogP contribution is 2.37. The van der Waals surface area contributed by atoms with Gasteiger partial charge in [0.2, 0.25) is 11.8 Å². The second-order valence-corrected chi connectivity index (χ2v) is 21.9. The molecule has 16 nitrogen and oxygen atoms in total. The number of hydrogen-bond donors (Lipinski definition) is 4. The number of aryl methyl sites for hydroxylation is 2. The Hall–Kier alpha value is -5.78. The monoisotopic (exact) mass is 1070 g/mol. The molecule has 3 aromatic carbocycles. The van der Waals surface area contributed by atoms with Crippen LogP contribution in [0.1, 0.15) is 110 Å². The number of likely N-dealkylation sites (N-methyl/N-ethyl adjacent to an activating group) is 1. The van der Waals surface area contributed by atoms with Gasteiger partial charge >= 0.3 is 0 Å². The van der Waals surface area contributed by atoms with Gasteiger partial charge in [0, 0.05) is 80.5 Å². The molecule has 0 spiro atoms. The number of ether oxygens (including phenoxy) is 5. The molecule has 4 atom stereocenters. The molecule has 1 aromatic heterocycles. The number of aromatic amines is 1. The number of aromatic nitrogens is 1. The molecule has 4 heterocycles. The highest BCUT2D eigenvalue weighted by Gasteiger charge is 2.44. The normalized spacial score (nSPS) is 19.0. The van der Waals surface area contributed by atoms with Crippen molar-refractivity contribution in [3.05, 3.63) is 111 Å². The first-order valence-corrected chi connectivity index (χ1v) is 29.0. The third kappa shape index (κ3) is 15.5. The molecule has 4 aromatic rings. The number of carbonyl (C=O) groups excluding carboxylic acids is 3. The van der Waals surface area contributed by atoms with Crippen molar-refractivity contribution in [1.82, 2.24) is 30.7 Å². The lowest BCUT2D eigenvalue weighted by atomic mass is 9.83. The second-order valence-electron chi connectivity index (χ2n) is 21.9. The summed E-state index contributed by atoms with van der Waals surface area (Å²) in [6.45, 7) is 18.3. The fraction of sp³-hybridized carbons (Fsp3) is 0.581. The van der Waals surface area contributed by atoms with E-state index in [9.17, 15) is 19.2 Å². The number of hydrogen-bond acceptors (Lipinski definition) is 12. The molecule has 4 fully saturated rings. The van der Waals surface area contributed by atoms with Crippen molar-refractivity contribution in [2.24, 2.45) is 11.8 Å². The molecule has 1 saturated carbocycles. The molecule has 3 amide bonds. The summed E-state index contributed by atoms with van der Waals surface area (Å²) in [4.78, 5) is 63.9. The first kappa shape index (κ1) is 58.4. The van der Waals surface area contributed by atoms with E-state index in [1.165, 1.54) is 12.0 Å². The SMILES string of the molecule is CCN(c1cc(-c2ccc(OCCOCCOCCOc3ccc(CCN4CC[C@H]5CCN(C(=O)C(NC(=O)[C@H](C)NC)C6CCCCC6)[C@H]5C4)cc3)cc2)cc(C(=O)NCc2c(C)cc(C)[nH]c2=O)c1C)C1CCOCC1. The molecule has 16 heteroatoms. The quantitative estimate of drug-likeness (QED) is 0.0456. The first-order valence-electron chi connectivity index (χ1n) is 29.0. The van der Waals surface area contributed by atoms with Crippen molar-refractivity contribution >= 4 is 23.4 Å². The van der Waals surface area contributed by atoms with Crippen molar-refractivity contribution in [3.63, 3.8) is 0 Å². The minimum absolute atomic E-state index is 0.0959. The van der Waals surface area contributed by atoms with Gasteiger partial charge in [-0.2, -0.15) is 0 Å². The molecule has 3 aliphatic heterocycles. The van der Waals surface area contributed by atoms with Crippen LogP contribution < -0.4 is 35.9 Å². The van der Waals surface area contributed by atoms with E-state index in [1.807, 2.05) is 76.2 Å². The maximum atomic E-state index is 14.3. The van der Waals surface area contributed by atoms with Crippen LogP contribution in [0.5, 0.6) is 11.5 Å². The molecule has 4 aliphatic rings. The summed E-state index contributed by atoms with van der Waals surface area (Å²) >= 11 is 0. The van der Waals surface area contributed by atoms with Crippen LogP contribution in [-0.4, -0.2) is 149 Å². The number of anilines is 1. The van der Waals surface area contributed by atoms with Gasteiger partial charge in [-0.05, 0) is 175 Å². The Balaban J connectivity index is 0.731. The van der Waals surface area contributed by atoms with Gasteiger partial charge in [-0.15, -0.1) is 0 Å². The number of carbonyl (C=O) groups is 3. The Kier molecular flexibility index (Phi) is 21.6. The Labute approximate surface area is 462 Å². The largest absolute Gasteiger partial charge is 0.491 e. The number of likely N-dealkylation sites (tertiary alicyclic amines) is 2. The molecule has 4 N–H and O–H groups in total. The van der Waals surface area contributed by atoms with Crippen LogP contribution in [-0.2, 0) is 36.8 Å². The molecule has 1 unspecified atom stereocenters. The second kappa shape index (κ2) is 28.9. The highest BCUT2D eigenvalue weighted by molar-refractivity contribution is 5.99. The minimum atomic E-state index is -0.445. The van der Waals surface area contributed by atoms with Crippen LogP contribution >= 0.6 is 0 Å². The number of nitrogens with one attached hydrogen (secondary N) is 4. The zero-order valence-corrected chi connectivity index (χ0v) is 47.3. The van der Waals surface area contributed by atoms with Crippen LogP contribution in [0.25, 0.3) is 11.1 Å². The Morgan fingerprint density at radius 2 is 1.45 bits per heavy atom. The predicted molar refractivity (Wildman–Crippen MR) is 306 cm³/mol. The van der Waals surface area contributed by atoms with Gasteiger partial charge in [-0.1, -0.05) is 43.5 Å². The number of benzene rings is 3. The summed E-state index contributed by atoms with van der Waals surface area (Å²) in [7, 11) is 1.78. The van der Waals surface area contributed by atoms with Crippen molar-refractivity contribution in [3.8, 4) is 22.6 Å². The maximum absolute atomic E-state index is 14.3. The van der Waals surface area contributed by atoms with Crippen molar-refractivity contribution < 1.29 is 38.1 Å². The van der Waals surface area contributed by atoms with Crippen LogP contribution in [0, 0.1) is 32.6 Å². The molecule has 78 heavy (non-hydrogen) atoms. The van der Waals surface area contributed by atoms with Gasteiger partial charge in [0.05, 0.1) is 32.5 Å². The molecule has 0 radical (unpaired) electrons. The molecule has 424 valence electrons. The summed E-state index contributed by atoms with van der Waals surface area (Å²) in [6, 6.07) is 22.0. The lowest BCUT2D eigenvalue weighted by Crippen LogP contribution is -2.58. The molecule has 8 rings (SSSR count). The zero-order valence-electron chi connectivity index (χ0n) is 47.3. The van der Waals surface area contributed by atoms with E-state index in [2.05, 4.69) is 60.8 Å². The Bertz CT molecular complexity index is 2630. The first-order chi connectivity index (χ1) is 37.9. The van der Waals surface area contributed by atoms with E-state index in [0.29, 0.717) is 75.9 Å². The predicted octanol–water partition coefficient (Wildman–Crippen LogP) is 7.53. The fourth-order valence-electron chi connectivity index (χ4n) is 12.0. The van der Waals surface area contributed by atoms with Crippen LogP contribution in [0.3, 0.4) is 0 Å². The smallest absolute Gasteiger partial charge is 0.253 e. The summed E-state index contributed by atoms with van der Waals surface area (Å²) < 4.78 is 29.3. The van der Waals surface area contributed by atoms with Gasteiger partial charge < -0.3 is 59.3 Å².